The summed E-state index contributed by atoms with van der Waals surface area (Å²) in [5.74, 6) is 0. The van der Waals surface area contributed by atoms with Crippen LogP contribution < -0.4 is 5.73 Å². The molecule has 3 aromatic rings. The molecule has 0 atom stereocenters. The summed E-state index contributed by atoms with van der Waals surface area (Å²) in [5, 5.41) is 4.51. The van der Waals surface area contributed by atoms with E-state index in [1.54, 1.807) is 10.7 Å². The molecule has 2 heterocycles. The van der Waals surface area contributed by atoms with Crippen LogP contribution in [-0.4, -0.2) is 21.1 Å². The van der Waals surface area contributed by atoms with Crippen LogP contribution >= 0.6 is 24.8 Å². The average Bonchev–Trinajstić information content (AvgIpc) is 2.87. The van der Waals surface area contributed by atoms with Crippen molar-refractivity contribution in [2.75, 3.05) is 6.54 Å². The lowest BCUT2D eigenvalue weighted by atomic mass is 10.1. The minimum atomic E-state index is 0. The fourth-order valence-corrected chi connectivity index (χ4v) is 1.98. The first-order valence-electron chi connectivity index (χ1n) is 5.96. The maximum atomic E-state index is 5.54. The van der Waals surface area contributed by atoms with Crippen LogP contribution in [0.3, 0.4) is 0 Å². The molecule has 0 unspecified atom stereocenters. The van der Waals surface area contributed by atoms with Crippen molar-refractivity contribution in [1.29, 1.82) is 0 Å². The van der Waals surface area contributed by atoms with Gasteiger partial charge >= 0.3 is 0 Å². The molecule has 2 aromatic heterocycles. The summed E-state index contributed by atoms with van der Waals surface area (Å²) in [5.41, 5.74) is 9.70. The van der Waals surface area contributed by atoms with Gasteiger partial charge in [-0.25, -0.2) is 9.50 Å². The van der Waals surface area contributed by atoms with Gasteiger partial charge in [0.1, 0.15) is 0 Å². The van der Waals surface area contributed by atoms with Crippen LogP contribution in [0.25, 0.3) is 16.9 Å². The molecule has 2 N–H and O–H groups in total. The van der Waals surface area contributed by atoms with Crippen LogP contribution in [0.4, 0.5) is 0 Å². The lowest BCUT2D eigenvalue weighted by molar-refractivity contribution is 0.941. The molecular weight excluding hydrogens is 295 g/mol. The summed E-state index contributed by atoms with van der Waals surface area (Å²) in [4.78, 5) is 4.18. The first kappa shape index (κ1) is 16.4. The average molecular weight is 311 g/mol. The lowest BCUT2D eigenvalue weighted by Crippen LogP contribution is -2.02. The van der Waals surface area contributed by atoms with E-state index in [1.165, 1.54) is 5.56 Å². The number of nitrogens with two attached hydrogens (primary N) is 1. The van der Waals surface area contributed by atoms with E-state index in [-0.39, 0.29) is 24.8 Å². The van der Waals surface area contributed by atoms with Crippen molar-refractivity contribution in [2.24, 2.45) is 5.73 Å². The molecule has 0 aliphatic rings. The monoisotopic (exact) mass is 310 g/mol. The number of imidazole rings is 1. The Balaban J connectivity index is 0.000001000. The van der Waals surface area contributed by atoms with Gasteiger partial charge < -0.3 is 5.73 Å². The summed E-state index contributed by atoms with van der Waals surface area (Å²) in [6.07, 6.45) is 4.51. The molecule has 1 aromatic carbocycles. The predicted octanol–water partition coefficient (Wildman–Crippen LogP) is 2.74. The number of halogens is 2. The normalized spacial score (nSPS) is 9.85. The Labute approximate surface area is 129 Å². The molecule has 0 aliphatic heterocycles. The Kier molecular flexibility index (Phi) is 5.95. The first-order chi connectivity index (χ1) is 8.86. The number of nitrogens with zero attached hydrogens (tertiary/aromatic N) is 3. The number of hydrogen-bond acceptors (Lipinski definition) is 3. The minimum Gasteiger partial charge on any atom is -0.330 e. The quantitative estimate of drug-likeness (QED) is 0.809. The number of benzene rings is 1. The van der Waals surface area contributed by atoms with E-state index in [4.69, 9.17) is 5.73 Å². The van der Waals surface area contributed by atoms with Gasteiger partial charge in [0.2, 0.25) is 0 Å². The van der Waals surface area contributed by atoms with Crippen molar-refractivity contribution in [3.63, 3.8) is 0 Å². The fraction of sp³-hybridized carbons (Fsp3) is 0.143. The second-order valence-corrected chi connectivity index (χ2v) is 4.18. The van der Waals surface area contributed by atoms with Crippen LogP contribution in [-0.2, 0) is 6.42 Å². The summed E-state index contributed by atoms with van der Waals surface area (Å²) in [7, 11) is 0. The minimum absolute atomic E-state index is 0. The lowest BCUT2D eigenvalue weighted by Gasteiger charge is -2.03. The SMILES string of the molecule is Cl.Cl.NCCc1ccc(-c2ccc3nccn3n2)cc1. The maximum Gasteiger partial charge on any atom is 0.153 e. The van der Waals surface area contributed by atoms with Gasteiger partial charge in [-0.3, -0.25) is 0 Å². The van der Waals surface area contributed by atoms with Crippen molar-refractivity contribution in [3.8, 4) is 11.3 Å². The van der Waals surface area contributed by atoms with Gasteiger partial charge in [-0.2, -0.15) is 5.10 Å². The fourth-order valence-electron chi connectivity index (χ4n) is 1.98. The van der Waals surface area contributed by atoms with Crippen molar-refractivity contribution < 1.29 is 0 Å². The summed E-state index contributed by atoms with van der Waals surface area (Å²) >= 11 is 0. The number of aromatic nitrogens is 3. The molecule has 0 aliphatic carbocycles. The van der Waals surface area contributed by atoms with E-state index in [2.05, 4.69) is 34.3 Å². The largest absolute Gasteiger partial charge is 0.330 e. The maximum absolute atomic E-state index is 5.54. The third-order valence-electron chi connectivity index (χ3n) is 2.94. The molecule has 106 valence electrons. The zero-order valence-corrected chi connectivity index (χ0v) is 12.4. The summed E-state index contributed by atoms with van der Waals surface area (Å²) < 4.78 is 1.78. The highest BCUT2D eigenvalue weighted by Crippen LogP contribution is 2.17. The molecule has 0 radical (unpaired) electrons. The van der Waals surface area contributed by atoms with Crippen molar-refractivity contribution in [2.45, 2.75) is 6.42 Å². The van der Waals surface area contributed by atoms with Crippen LogP contribution in [0.5, 0.6) is 0 Å². The summed E-state index contributed by atoms with van der Waals surface area (Å²) in [6.45, 7) is 0.679. The van der Waals surface area contributed by atoms with Gasteiger partial charge in [-0.1, -0.05) is 24.3 Å². The van der Waals surface area contributed by atoms with Crippen LogP contribution in [0.15, 0.2) is 48.8 Å². The molecule has 20 heavy (non-hydrogen) atoms. The third-order valence-corrected chi connectivity index (χ3v) is 2.94. The highest BCUT2D eigenvalue weighted by atomic mass is 35.5. The zero-order valence-electron chi connectivity index (χ0n) is 10.8. The Hall–Kier alpha value is -1.62. The molecule has 4 nitrogen and oxygen atoms in total. The van der Waals surface area contributed by atoms with E-state index in [9.17, 15) is 0 Å². The van der Waals surface area contributed by atoms with Crippen LogP contribution in [0, 0.1) is 0 Å². The number of fused-ring (bicyclic) bond motifs is 1. The van der Waals surface area contributed by atoms with Gasteiger partial charge in [0, 0.05) is 18.0 Å². The standard InChI is InChI=1S/C14H14N4.2ClH/c15-8-7-11-1-3-12(4-2-11)13-5-6-14-16-9-10-18(14)17-13;;/h1-6,9-10H,7-8,15H2;2*1H. The zero-order chi connectivity index (χ0) is 12.4. The van der Waals surface area contributed by atoms with Gasteiger partial charge in [-0.05, 0) is 30.7 Å². The van der Waals surface area contributed by atoms with Crippen LogP contribution in [0.2, 0.25) is 0 Å². The van der Waals surface area contributed by atoms with E-state index in [1.807, 2.05) is 18.3 Å². The van der Waals surface area contributed by atoms with Gasteiger partial charge in [0.05, 0.1) is 5.69 Å². The molecule has 6 heteroatoms. The van der Waals surface area contributed by atoms with Gasteiger partial charge in [0.15, 0.2) is 5.65 Å². The molecule has 0 saturated carbocycles. The highest BCUT2D eigenvalue weighted by Gasteiger charge is 2.02. The summed E-state index contributed by atoms with van der Waals surface area (Å²) in [6, 6.07) is 12.3. The third kappa shape index (κ3) is 3.28. The first-order valence-corrected chi connectivity index (χ1v) is 5.96. The van der Waals surface area contributed by atoms with Gasteiger partial charge in [0.25, 0.3) is 0 Å². The Morgan fingerprint density at radius 2 is 1.75 bits per heavy atom. The van der Waals surface area contributed by atoms with E-state index in [0.29, 0.717) is 6.54 Å². The van der Waals surface area contributed by atoms with Crippen LogP contribution in [0.1, 0.15) is 5.56 Å². The van der Waals surface area contributed by atoms with Gasteiger partial charge in [-0.15, -0.1) is 24.8 Å². The Morgan fingerprint density at radius 3 is 2.45 bits per heavy atom. The van der Waals surface area contributed by atoms with E-state index >= 15 is 0 Å². The topological polar surface area (TPSA) is 56.2 Å². The number of hydrogen-bond donors (Lipinski definition) is 1. The van der Waals surface area contributed by atoms with Crippen molar-refractivity contribution in [3.05, 3.63) is 54.4 Å². The smallest absolute Gasteiger partial charge is 0.153 e. The van der Waals surface area contributed by atoms with E-state index < -0.39 is 0 Å². The molecular formula is C14H16Cl2N4. The van der Waals surface area contributed by atoms with Crippen molar-refractivity contribution >= 4 is 30.5 Å². The Bertz CT molecular complexity index is 664. The molecule has 3 rings (SSSR count). The second kappa shape index (κ2) is 7.24. The molecule has 0 saturated heterocycles. The number of rotatable bonds is 3. The van der Waals surface area contributed by atoms with Crippen molar-refractivity contribution in [1.82, 2.24) is 14.6 Å². The molecule has 0 bridgehead atoms. The predicted molar refractivity (Wildman–Crippen MR) is 85.7 cm³/mol. The molecule has 0 fully saturated rings. The second-order valence-electron chi connectivity index (χ2n) is 4.18. The molecule has 0 spiro atoms. The molecule has 0 amide bonds. The van der Waals surface area contributed by atoms with E-state index in [0.717, 1.165) is 23.3 Å². The Morgan fingerprint density at radius 1 is 1.00 bits per heavy atom. The highest BCUT2D eigenvalue weighted by molar-refractivity contribution is 5.85.